The lowest BCUT2D eigenvalue weighted by Crippen LogP contribution is -2.28. The molecule has 1 aromatic rings. The van der Waals surface area contributed by atoms with Gasteiger partial charge in [0.2, 0.25) is 0 Å². The van der Waals surface area contributed by atoms with E-state index in [0.29, 0.717) is 18.5 Å². The molecule has 0 spiro atoms. The van der Waals surface area contributed by atoms with Gasteiger partial charge in [-0.05, 0) is 13.3 Å². The van der Waals surface area contributed by atoms with Crippen molar-refractivity contribution in [2.45, 2.75) is 19.4 Å². The summed E-state index contributed by atoms with van der Waals surface area (Å²) in [5, 5.41) is 16.1. The molecule has 1 unspecified atom stereocenters. The SMILES string of the molecule is COCC(O)CCNC(=O)c1cnn(C)c1C. The van der Waals surface area contributed by atoms with E-state index >= 15 is 0 Å². The molecule has 1 heterocycles. The number of nitrogens with one attached hydrogen (secondary N) is 1. The van der Waals surface area contributed by atoms with Gasteiger partial charge in [-0.1, -0.05) is 0 Å². The van der Waals surface area contributed by atoms with E-state index in [4.69, 9.17) is 4.74 Å². The van der Waals surface area contributed by atoms with Crippen molar-refractivity contribution in [3.05, 3.63) is 17.5 Å². The molecule has 17 heavy (non-hydrogen) atoms. The molecule has 2 N–H and O–H groups in total. The summed E-state index contributed by atoms with van der Waals surface area (Å²) in [5.41, 5.74) is 1.38. The Balaban J connectivity index is 2.38. The standard InChI is InChI=1S/C11H19N3O3/c1-8-10(6-13-14(8)2)11(16)12-5-4-9(15)7-17-3/h6,9,15H,4-5,7H2,1-3H3,(H,12,16). The fourth-order valence-corrected chi connectivity index (χ4v) is 1.44. The minimum Gasteiger partial charge on any atom is -0.391 e. The molecule has 0 aromatic carbocycles. The van der Waals surface area contributed by atoms with Crippen molar-refractivity contribution in [3.8, 4) is 0 Å². The summed E-state index contributed by atoms with van der Waals surface area (Å²) < 4.78 is 6.44. The van der Waals surface area contributed by atoms with E-state index in [1.165, 1.54) is 13.3 Å². The Kier molecular flexibility index (Phi) is 5.11. The minimum atomic E-state index is -0.546. The highest BCUT2D eigenvalue weighted by Gasteiger charge is 2.12. The zero-order valence-corrected chi connectivity index (χ0v) is 10.4. The summed E-state index contributed by atoms with van der Waals surface area (Å²) in [4.78, 5) is 11.7. The second-order valence-corrected chi connectivity index (χ2v) is 3.92. The van der Waals surface area contributed by atoms with Crippen molar-refractivity contribution < 1.29 is 14.6 Å². The van der Waals surface area contributed by atoms with Crippen molar-refractivity contribution in [1.82, 2.24) is 15.1 Å². The number of aliphatic hydroxyl groups is 1. The summed E-state index contributed by atoms with van der Waals surface area (Å²) >= 11 is 0. The van der Waals surface area contributed by atoms with Crippen molar-refractivity contribution in [1.29, 1.82) is 0 Å². The second-order valence-electron chi connectivity index (χ2n) is 3.92. The van der Waals surface area contributed by atoms with E-state index in [2.05, 4.69) is 10.4 Å². The van der Waals surface area contributed by atoms with Crippen LogP contribution in [0.5, 0.6) is 0 Å². The number of aliphatic hydroxyl groups excluding tert-OH is 1. The average Bonchev–Trinajstić information content (AvgIpc) is 2.60. The summed E-state index contributed by atoms with van der Waals surface area (Å²) in [6.45, 7) is 2.53. The smallest absolute Gasteiger partial charge is 0.254 e. The van der Waals surface area contributed by atoms with E-state index in [9.17, 15) is 9.90 Å². The third-order valence-corrected chi connectivity index (χ3v) is 2.60. The molecule has 0 aliphatic rings. The number of ether oxygens (including phenoxy) is 1. The number of aryl methyl sites for hydroxylation is 1. The Bertz CT molecular complexity index is 376. The van der Waals surface area contributed by atoms with Crippen LogP contribution < -0.4 is 5.32 Å². The van der Waals surface area contributed by atoms with Crippen molar-refractivity contribution in [3.63, 3.8) is 0 Å². The molecule has 0 bridgehead atoms. The minimum absolute atomic E-state index is 0.166. The summed E-state index contributed by atoms with van der Waals surface area (Å²) in [7, 11) is 3.31. The molecule has 1 amide bonds. The van der Waals surface area contributed by atoms with Crippen molar-refractivity contribution in [2.75, 3.05) is 20.3 Å². The summed E-state index contributed by atoms with van der Waals surface area (Å²) in [6, 6.07) is 0. The van der Waals surface area contributed by atoms with Crippen LogP contribution in [-0.2, 0) is 11.8 Å². The molecule has 96 valence electrons. The fraction of sp³-hybridized carbons (Fsp3) is 0.636. The molecule has 0 aliphatic heterocycles. The van der Waals surface area contributed by atoms with Crippen LogP contribution in [0.3, 0.4) is 0 Å². The highest BCUT2D eigenvalue weighted by Crippen LogP contribution is 2.04. The van der Waals surface area contributed by atoms with Crippen molar-refractivity contribution >= 4 is 5.91 Å². The molecule has 1 aromatic heterocycles. The molecule has 0 aliphatic carbocycles. The number of methoxy groups -OCH3 is 1. The van der Waals surface area contributed by atoms with Crippen LogP contribution >= 0.6 is 0 Å². The van der Waals surface area contributed by atoms with Gasteiger partial charge >= 0.3 is 0 Å². The lowest BCUT2D eigenvalue weighted by Gasteiger charge is -2.09. The first-order valence-corrected chi connectivity index (χ1v) is 5.50. The van der Waals surface area contributed by atoms with Gasteiger partial charge in [0, 0.05) is 26.4 Å². The summed E-state index contributed by atoms with van der Waals surface area (Å²) in [5.74, 6) is -0.166. The molecular weight excluding hydrogens is 222 g/mol. The van der Waals surface area contributed by atoms with E-state index in [-0.39, 0.29) is 12.5 Å². The predicted octanol–water partition coefficient (Wildman–Crippen LogP) is -0.144. The van der Waals surface area contributed by atoms with Crippen LogP contribution in [0, 0.1) is 6.92 Å². The third kappa shape index (κ3) is 3.83. The Labute approximate surface area is 101 Å². The number of carbonyl (C=O) groups is 1. The highest BCUT2D eigenvalue weighted by atomic mass is 16.5. The van der Waals surface area contributed by atoms with Crippen LogP contribution in [-0.4, -0.2) is 47.2 Å². The molecular formula is C11H19N3O3. The lowest BCUT2D eigenvalue weighted by molar-refractivity contribution is 0.0587. The monoisotopic (exact) mass is 241 g/mol. The van der Waals surface area contributed by atoms with Gasteiger partial charge in [0.05, 0.1) is 24.5 Å². The van der Waals surface area contributed by atoms with E-state index in [1.807, 2.05) is 6.92 Å². The first kappa shape index (κ1) is 13.7. The number of hydrogen-bond donors (Lipinski definition) is 2. The Morgan fingerprint density at radius 3 is 2.94 bits per heavy atom. The average molecular weight is 241 g/mol. The number of carbonyl (C=O) groups excluding carboxylic acids is 1. The normalized spacial score (nSPS) is 12.5. The highest BCUT2D eigenvalue weighted by molar-refractivity contribution is 5.94. The molecule has 6 nitrogen and oxygen atoms in total. The van der Waals surface area contributed by atoms with Gasteiger partial charge in [-0.25, -0.2) is 0 Å². The third-order valence-electron chi connectivity index (χ3n) is 2.60. The van der Waals surface area contributed by atoms with Gasteiger partial charge in [0.15, 0.2) is 0 Å². The van der Waals surface area contributed by atoms with E-state index in [1.54, 1.807) is 11.7 Å². The van der Waals surface area contributed by atoms with E-state index in [0.717, 1.165) is 5.69 Å². The molecule has 1 atom stereocenters. The maximum absolute atomic E-state index is 11.7. The van der Waals surface area contributed by atoms with Gasteiger partial charge in [-0.2, -0.15) is 5.10 Å². The Morgan fingerprint density at radius 1 is 1.71 bits per heavy atom. The van der Waals surface area contributed by atoms with Crippen LogP contribution in [0.25, 0.3) is 0 Å². The largest absolute Gasteiger partial charge is 0.391 e. The molecule has 0 radical (unpaired) electrons. The van der Waals surface area contributed by atoms with E-state index < -0.39 is 6.10 Å². The molecule has 0 fully saturated rings. The van der Waals surface area contributed by atoms with Crippen LogP contribution in [0.4, 0.5) is 0 Å². The van der Waals surface area contributed by atoms with Gasteiger partial charge in [-0.3, -0.25) is 9.48 Å². The first-order chi connectivity index (χ1) is 8.06. The van der Waals surface area contributed by atoms with Gasteiger partial charge in [0.1, 0.15) is 0 Å². The zero-order chi connectivity index (χ0) is 12.8. The van der Waals surface area contributed by atoms with Gasteiger partial charge < -0.3 is 15.2 Å². The molecule has 6 heteroatoms. The molecule has 1 rings (SSSR count). The Morgan fingerprint density at radius 2 is 2.41 bits per heavy atom. The first-order valence-electron chi connectivity index (χ1n) is 5.50. The van der Waals surface area contributed by atoms with Crippen LogP contribution in [0.2, 0.25) is 0 Å². The van der Waals surface area contributed by atoms with Gasteiger partial charge in [-0.15, -0.1) is 0 Å². The van der Waals surface area contributed by atoms with Gasteiger partial charge in [0.25, 0.3) is 5.91 Å². The van der Waals surface area contributed by atoms with Crippen LogP contribution in [0.15, 0.2) is 6.20 Å². The summed E-state index contributed by atoms with van der Waals surface area (Å²) in [6.07, 6.45) is 1.46. The molecule has 0 saturated carbocycles. The number of amides is 1. The number of nitrogens with zero attached hydrogens (tertiary/aromatic N) is 2. The number of rotatable bonds is 6. The Hall–Kier alpha value is -1.40. The molecule has 0 saturated heterocycles. The number of hydrogen-bond acceptors (Lipinski definition) is 4. The fourth-order valence-electron chi connectivity index (χ4n) is 1.44. The lowest BCUT2D eigenvalue weighted by atomic mass is 10.2. The topological polar surface area (TPSA) is 76.4 Å². The maximum Gasteiger partial charge on any atom is 0.254 e. The number of aromatic nitrogens is 2. The van der Waals surface area contributed by atoms with Crippen LogP contribution in [0.1, 0.15) is 22.5 Å². The second kappa shape index (κ2) is 6.36. The zero-order valence-electron chi connectivity index (χ0n) is 10.4. The maximum atomic E-state index is 11.7. The predicted molar refractivity (Wildman–Crippen MR) is 62.8 cm³/mol. The quantitative estimate of drug-likeness (QED) is 0.726. The van der Waals surface area contributed by atoms with Crippen molar-refractivity contribution in [2.24, 2.45) is 7.05 Å².